The lowest BCUT2D eigenvalue weighted by molar-refractivity contribution is -0.486. The van der Waals surface area contributed by atoms with Crippen molar-refractivity contribution in [3.05, 3.63) is 45.0 Å². The molecule has 0 N–H and O–H groups in total. The summed E-state index contributed by atoms with van der Waals surface area (Å²) in [5.41, 5.74) is 2.47. The molecule has 0 aromatic heterocycles. The summed E-state index contributed by atoms with van der Waals surface area (Å²) in [5.74, 6) is 0.541. The first kappa shape index (κ1) is 18.3. The number of hydrazone groups is 1. The molecule has 2 aliphatic rings. The van der Waals surface area contributed by atoms with E-state index < -0.39 is 5.03 Å². The number of guanidine groups is 1. The molecule has 2 unspecified atom stereocenters. The number of carbonyl (C=O) groups excluding carboxylic acids is 1. The quantitative estimate of drug-likeness (QED) is 0.604. The molecule has 0 bridgehead atoms. The second-order valence-corrected chi connectivity index (χ2v) is 7.13. The Balaban J connectivity index is 1.84. The summed E-state index contributed by atoms with van der Waals surface area (Å²) >= 11 is 0. The van der Waals surface area contributed by atoms with E-state index in [1.165, 1.54) is 4.90 Å². The van der Waals surface area contributed by atoms with E-state index in [9.17, 15) is 14.9 Å². The number of benzene rings is 1. The van der Waals surface area contributed by atoms with Gasteiger partial charge < -0.3 is 9.64 Å². The van der Waals surface area contributed by atoms with Crippen LogP contribution in [0.3, 0.4) is 0 Å². The van der Waals surface area contributed by atoms with E-state index in [1.54, 1.807) is 6.07 Å². The fourth-order valence-corrected chi connectivity index (χ4v) is 3.57. The molecule has 0 radical (unpaired) electrons. The largest absolute Gasteiger partial charge is 0.381 e. The molecular formula is C18H24N4O4. The summed E-state index contributed by atoms with van der Waals surface area (Å²) in [6.45, 7) is 8.80. The number of hydrogen-bond donors (Lipinski definition) is 0. The minimum absolute atomic E-state index is 0.124. The van der Waals surface area contributed by atoms with Crippen molar-refractivity contribution in [3.63, 3.8) is 0 Å². The van der Waals surface area contributed by atoms with Gasteiger partial charge in [-0.3, -0.25) is 9.69 Å². The van der Waals surface area contributed by atoms with Gasteiger partial charge in [-0.05, 0) is 31.4 Å². The Hall–Kier alpha value is -2.48. The van der Waals surface area contributed by atoms with Crippen LogP contribution in [0.25, 0.3) is 0 Å². The average Bonchev–Trinajstić information content (AvgIpc) is 3.14. The van der Waals surface area contributed by atoms with Crippen LogP contribution in [0.5, 0.6) is 0 Å². The number of nitro groups is 1. The highest BCUT2D eigenvalue weighted by Crippen LogP contribution is 2.24. The van der Waals surface area contributed by atoms with Gasteiger partial charge in [-0.15, -0.1) is 0 Å². The molecule has 2 atom stereocenters. The van der Waals surface area contributed by atoms with Crippen LogP contribution in [0.2, 0.25) is 0 Å². The van der Waals surface area contributed by atoms with Gasteiger partial charge in [0.05, 0.1) is 6.61 Å². The molecule has 1 aromatic carbocycles. The zero-order chi connectivity index (χ0) is 18.8. The van der Waals surface area contributed by atoms with Crippen LogP contribution in [0, 0.1) is 35.8 Å². The Morgan fingerprint density at radius 3 is 2.73 bits per heavy atom. The fraction of sp³-hybridized carbons (Fsp3) is 0.556. The highest BCUT2D eigenvalue weighted by Gasteiger charge is 2.37. The number of amides is 1. The summed E-state index contributed by atoms with van der Waals surface area (Å²) in [4.78, 5) is 27.3. The van der Waals surface area contributed by atoms with Crippen molar-refractivity contribution in [1.82, 2.24) is 9.80 Å². The van der Waals surface area contributed by atoms with Crippen molar-refractivity contribution in [2.45, 2.75) is 20.8 Å². The predicted molar refractivity (Wildman–Crippen MR) is 96.4 cm³/mol. The minimum Gasteiger partial charge on any atom is -0.381 e. The molecule has 1 aromatic rings. The highest BCUT2D eigenvalue weighted by atomic mass is 16.7. The van der Waals surface area contributed by atoms with E-state index in [-0.39, 0.29) is 17.8 Å². The molecule has 140 valence electrons. The van der Waals surface area contributed by atoms with E-state index in [4.69, 9.17) is 4.74 Å². The van der Waals surface area contributed by atoms with Crippen LogP contribution >= 0.6 is 0 Å². The summed E-state index contributed by atoms with van der Waals surface area (Å²) < 4.78 is 5.49. The SMILES string of the molecule is Cc1ccc(C(=O)N2CCN(CC3COCC3C)C2=N[N+](=O)[O-])c(C)c1. The number of hydrogen-bond acceptors (Lipinski definition) is 4. The molecule has 2 saturated heterocycles. The fourth-order valence-electron chi connectivity index (χ4n) is 3.57. The monoisotopic (exact) mass is 360 g/mol. The smallest absolute Gasteiger partial charge is 0.281 e. The highest BCUT2D eigenvalue weighted by molar-refractivity contribution is 6.07. The van der Waals surface area contributed by atoms with Crippen LogP contribution in [-0.2, 0) is 4.74 Å². The second kappa shape index (κ2) is 7.41. The molecule has 0 saturated carbocycles. The van der Waals surface area contributed by atoms with Crippen molar-refractivity contribution in [2.75, 3.05) is 32.8 Å². The first-order chi connectivity index (χ1) is 12.4. The molecule has 8 heteroatoms. The molecule has 2 fully saturated rings. The Kier molecular flexibility index (Phi) is 5.22. The first-order valence-corrected chi connectivity index (χ1v) is 8.81. The zero-order valence-corrected chi connectivity index (χ0v) is 15.3. The van der Waals surface area contributed by atoms with Crippen LogP contribution in [0.4, 0.5) is 0 Å². The number of aryl methyl sites for hydroxylation is 2. The Morgan fingerprint density at radius 2 is 2.12 bits per heavy atom. The van der Waals surface area contributed by atoms with Gasteiger partial charge in [0.2, 0.25) is 0 Å². The molecule has 8 nitrogen and oxygen atoms in total. The molecule has 2 aliphatic heterocycles. The van der Waals surface area contributed by atoms with Crippen LogP contribution < -0.4 is 0 Å². The maximum absolute atomic E-state index is 13.0. The number of rotatable bonds is 4. The third-order valence-corrected chi connectivity index (χ3v) is 5.12. The second-order valence-electron chi connectivity index (χ2n) is 7.13. The lowest BCUT2D eigenvalue weighted by Gasteiger charge is -2.24. The standard InChI is InChI=1S/C18H24N4O4/c1-12-4-5-16(13(2)8-12)17(23)21-7-6-20(18(21)19-22(24)25)9-15-11-26-10-14(15)3/h4-5,8,14-15H,6-7,9-11H2,1-3H3. The summed E-state index contributed by atoms with van der Waals surface area (Å²) in [5, 5.41) is 13.8. The van der Waals surface area contributed by atoms with E-state index in [0.29, 0.717) is 44.3 Å². The Morgan fingerprint density at radius 1 is 1.35 bits per heavy atom. The van der Waals surface area contributed by atoms with E-state index in [2.05, 4.69) is 12.0 Å². The van der Waals surface area contributed by atoms with Crippen LogP contribution in [-0.4, -0.2) is 59.5 Å². The zero-order valence-electron chi connectivity index (χ0n) is 15.3. The molecule has 26 heavy (non-hydrogen) atoms. The Bertz CT molecular complexity index is 749. The topological polar surface area (TPSA) is 88.3 Å². The van der Waals surface area contributed by atoms with Gasteiger partial charge in [0.25, 0.3) is 11.9 Å². The maximum atomic E-state index is 13.0. The van der Waals surface area contributed by atoms with Gasteiger partial charge in [0.1, 0.15) is 5.10 Å². The van der Waals surface area contributed by atoms with Crippen LogP contribution in [0.15, 0.2) is 23.3 Å². The molecule has 1 amide bonds. The normalized spacial score (nSPS) is 24.5. The lowest BCUT2D eigenvalue weighted by atomic mass is 9.98. The average molecular weight is 360 g/mol. The van der Waals surface area contributed by atoms with Gasteiger partial charge in [-0.25, -0.2) is 10.1 Å². The van der Waals surface area contributed by atoms with E-state index >= 15 is 0 Å². The van der Waals surface area contributed by atoms with Gasteiger partial charge in [-0.2, -0.15) is 0 Å². The van der Waals surface area contributed by atoms with Crippen molar-refractivity contribution in [3.8, 4) is 0 Å². The third-order valence-electron chi connectivity index (χ3n) is 5.12. The maximum Gasteiger partial charge on any atom is 0.281 e. The number of nitrogens with zero attached hydrogens (tertiary/aromatic N) is 4. The van der Waals surface area contributed by atoms with Gasteiger partial charge >= 0.3 is 0 Å². The summed E-state index contributed by atoms with van der Waals surface area (Å²) in [7, 11) is 0. The van der Waals surface area contributed by atoms with E-state index in [0.717, 1.165) is 11.1 Å². The molecule has 0 aliphatic carbocycles. The Labute approximate surface area is 152 Å². The number of ether oxygens (including phenoxy) is 1. The van der Waals surface area contributed by atoms with E-state index in [1.807, 2.05) is 30.9 Å². The molecule has 0 spiro atoms. The molecule has 2 heterocycles. The summed E-state index contributed by atoms with van der Waals surface area (Å²) in [6.07, 6.45) is 0. The van der Waals surface area contributed by atoms with Gasteiger partial charge in [0.15, 0.2) is 5.03 Å². The van der Waals surface area contributed by atoms with Crippen molar-refractivity contribution >= 4 is 11.9 Å². The van der Waals surface area contributed by atoms with Crippen molar-refractivity contribution in [1.29, 1.82) is 0 Å². The molecule has 3 rings (SSSR count). The lowest BCUT2D eigenvalue weighted by Crippen LogP contribution is -2.41. The third kappa shape index (κ3) is 3.70. The van der Waals surface area contributed by atoms with Gasteiger partial charge in [0, 0.05) is 37.7 Å². The predicted octanol–water partition coefficient (Wildman–Crippen LogP) is 1.89. The minimum atomic E-state index is -0.732. The van der Waals surface area contributed by atoms with Crippen LogP contribution in [0.1, 0.15) is 28.4 Å². The first-order valence-electron chi connectivity index (χ1n) is 8.81. The van der Waals surface area contributed by atoms with Crippen molar-refractivity contribution in [2.24, 2.45) is 16.9 Å². The van der Waals surface area contributed by atoms with Gasteiger partial charge in [-0.1, -0.05) is 24.6 Å². The number of carbonyl (C=O) groups is 1. The molecular weight excluding hydrogens is 336 g/mol. The summed E-state index contributed by atoms with van der Waals surface area (Å²) in [6, 6.07) is 5.57. The van der Waals surface area contributed by atoms with Crippen molar-refractivity contribution < 1.29 is 14.6 Å².